The highest BCUT2D eigenvalue weighted by atomic mass is 32.2. The molecule has 2 rings (SSSR count). The standard InChI is InChI=1S/C16H19F3N2O4S/c1-24-15(23)10-2-3-12(13(6-10)25-9-16(17,18)19)21-14(22)7-11-8-26-5-4-20-11/h2-3,6,11,20H,4-5,7-9H2,1H3,(H,21,22). The number of carbonyl (C=O) groups is 2. The second-order valence-corrected chi connectivity index (χ2v) is 6.73. The van der Waals surface area contributed by atoms with Crippen molar-refractivity contribution in [3.8, 4) is 5.75 Å². The van der Waals surface area contributed by atoms with Crippen molar-refractivity contribution in [1.82, 2.24) is 5.32 Å². The average Bonchev–Trinajstić information content (AvgIpc) is 2.60. The Hall–Kier alpha value is -1.94. The van der Waals surface area contributed by atoms with E-state index in [9.17, 15) is 22.8 Å². The van der Waals surface area contributed by atoms with Crippen LogP contribution < -0.4 is 15.4 Å². The topological polar surface area (TPSA) is 76.7 Å². The van der Waals surface area contributed by atoms with Gasteiger partial charge in [0.1, 0.15) is 5.75 Å². The summed E-state index contributed by atoms with van der Waals surface area (Å²) < 4.78 is 46.7. The number of anilines is 1. The van der Waals surface area contributed by atoms with E-state index < -0.39 is 18.8 Å². The number of thioether (sulfide) groups is 1. The Labute approximate surface area is 152 Å². The molecule has 1 saturated heterocycles. The minimum absolute atomic E-state index is 0.00244. The zero-order valence-corrected chi connectivity index (χ0v) is 14.8. The Balaban J connectivity index is 2.11. The number of rotatable bonds is 6. The number of esters is 1. The molecule has 0 saturated carbocycles. The van der Waals surface area contributed by atoms with E-state index in [-0.39, 0.29) is 35.4 Å². The van der Waals surface area contributed by atoms with E-state index in [1.165, 1.54) is 12.1 Å². The first kappa shape index (κ1) is 20.4. The van der Waals surface area contributed by atoms with Gasteiger partial charge in [-0.15, -0.1) is 0 Å². The maximum absolute atomic E-state index is 12.5. The van der Waals surface area contributed by atoms with Gasteiger partial charge in [0.2, 0.25) is 5.91 Å². The van der Waals surface area contributed by atoms with Crippen molar-refractivity contribution in [2.24, 2.45) is 0 Å². The third-order valence-corrected chi connectivity index (χ3v) is 4.63. The summed E-state index contributed by atoms with van der Waals surface area (Å²) in [5.74, 6) is 0.440. The minimum Gasteiger partial charge on any atom is -0.482 e. The van der Waals surface area contributed by atoms with E-state index in [0.717, 1.165) is 31.2 Å². The molecule has 6 nitrogen and oxygen atoms in total. The largest absolute Gasteiger partial charge is 0.482 e. The SMILES string of the molecule is COC(=O)c1ccc(NC(=O)CC2CSCCN2)c(OCC(F)(F)F)c1. The molecule has 1 amide bonds. The van der Waals surface area contributed by atoms with Gasteiger partial charge in [0.05, 0.1) is 18.4 Å². The van der Waals surface area contributed by atoms with Crippen molar-refractivity contribution in [2.45, 2.75) is 18.6 Å². The van der Waals surface area contributed by atoms with Crippen LogP contribution in [0.2, 0.25) is 0 Å². The molecule has 1 aromatic carbocycles. The van der Waals surface area contributed by atoms with Crippen LogP contribution in [0.1, 0.15) is 16.8 Å². The van der Waals surface area contributed by atoms with Gasteiger partial charge >= 0.3 is 12.1 Å². The summed E-state index contributed by atoms with van der Waals surface area (Å²) in [4.78, 5) is 23.7. The van der Waals surface area contributed by atoms with E-state index in [1.807, 2.05) is 0 Å². The van der Waals surface area contributed by atoms with Gasteiger partial charge in [-0.3, -0.25) is 4.79 Å². The summed E-state index contributed by atoms with van der Waals surface area (Å²) in [7, 11) is 1.16. The molecule has 1 heterocycles. The van der Waals surface area contributed by atoms with Crippen molar-refractivity contribution < 1.29 is 32.2 Å². The predicted molar refractivity (Wildman–Crippen MR) is 91.7 cm³/mol. The third-order valence-electron chi connectivity index (χ3n) is 3.50. The number of hydrogen-bond acceptors (Lipinski definition) is 6. The lowest BCUT2D eigenvalue weighted by atomic mass is 10.1. The zero-order chi connectivity index (χ0) is 19.2. The highest BCUT2D eigenvalue weighted by Gasteiger charge is 2.29. The minimum atomic E-state index is -4.55. The van der Waals surface area contributed by atoms with Crippen LogP contribution in [-0.2, 0) is 9.53 Å². The van der Waals surface area contributed by atoms with Gasteiger partial charge in [-0.25, -0.2) is 4.79 Å². The van der Waals surface area contributed by atoms with Crippen LogP contribution >= 0.6 is 11.8 Å². The van der Waals surface area contributed by atoms with Gasteiger partial charge in [0.15, 0.2) is 6.61 Å². The smallest absolute Gasteiger partial charge is 0.422 e. The molecule has 2 N–H and O–H groups in total. The first-order chi connectivity index (χ1) is 12.3. The first-order valence-corrected chi connectivity index (χ1v) is 8.97. The normalized spacial score (nSPS) is 17.5. The fraction of sp³-hybridized carbons (Fsp3) is 0.500. The molecule has 1 aliphatic rings. The molecule has 0 bridgehead atoms. The molecule has 0 aromatic heterocycles. The van der Waals surface area contributed by atoms with E-state index in [2.05, 4.69) is 15.4 Å². The van der Waals surface area contributed by atoms with Gasteiger partial charge in [0, 0.05) is 30.5 Å². The Kier molecular flexibility index (Phi) is 7.15. The molecule has 0 aliphatic carbocycles. The van der Waals surface area contributed by atoms with Crippen molar-refractivity contribution in [3.63, 3.8) is 0 Å². The lowest BCUT2D eigenvalue weighted by Crippen LogP contribution is -2.39. The number of hydrogen-bond donors (Lipinski definition) is 2. The van der Waals surface area contributed by atoms with Crippen molar-refractivity contribution in [3.05, 3.63) is 23.8 Å². The van der Waals surface area contributed by atoms with Gasteiger partial charge in [-0.2, -0.15) is 24.9 Å². The molecule has 144 valence electrons. The van der Waals surface area contributed by atoms with E-state index in [4.69, 9.17) is 4.74 Å². The summed E-state index contributed by atoms with van der Waals surface area (Å²) in [6.07, 6.45) is -4.36. The van der Waals surface area contributed by atoms with Crippen LogP contribution in [0.15, 0.2) is 18.2 Å². The fourth-order valence-corrected chi connectivity index (χ4v) is 3.27. The monoisotopic (exact) mass is 392 g/mol. The molecule has 1 atom stereocenters. The van der Waals surface area contributed by atoms with Crippen molar-refractivity contribution >= 4 is 29.3 Å². The summed E-state index contributed by atoms with van der Waals surface area (Å²) in [5.41, 5.74) is 0.0865. The summed E-state index contributed by atoms with van der Waals surface area (Å²) in [6, 6.07) is 3.78. The summed E-state index contributed by atoms with van der Waals surface area (Å²) >= 11 is 1.73. The van der Waals surface area contributed by atoms with Crippen LogP contribution in [0.5, 0.6) is 5.75 Å². The molecule has 0 spiro atoms. The molecule has 10 heteroatoms. The number of halogens is 3. The number of ether oxygens (including phenoxy) is 2. The molecule has 0 radical (unpaired) electrons. The Morgan fingerprint density at radius 1 is 1.38 bits per heavy atom. The van der Waals surface area contributed by atoms with Crippen LogP contribution in [0, 0.1) is 0 Å². The quantitative estimate of drug-likeness (QED) is 0.725. The van der Waals surface area contributed by atoms with Gasteiger partial charge in [-0.05, 0) is 18.2 Å². The van der Waals surface area contributed by atoms with Crippen LogP contribution in [0.3, 0.4) is 0 Å². The number of nitrogens with one attached hydrogen (secondary N) is 2. The van der Waals surface area contributed by atoms with Gasteiger partial charge in [-0.1, -0.05) is 0 Å². The molecule has 1 unspecified atom stereocenters. The van der Waals surface area contributed by atoms with Gasteiger partial charge in [0.25, 0.3) is 0 Å². The second-order valence-electron chi connectivity index (χ2n) is 5.58. The van der Waals surface area contributed by atoms with E-state index in [0.29, 0.717) is 0 Å². The predicted octanol–water partition coefficient (Wildman–Crippen LogP) is 2.45. The molecule has 1 aliphatic heterocycles. The maximum atomic E-state index is 12.5. The van der Waals surface area contributed by atoms with Gasteiger partial charge < -0.3 is 20.1 Å². The zero-order valence-electron chi connectivity index (χ0n) is 14.0. The molecule has 1 fully saturated rings. The first-order valence-electron chi connectivity index (χ1n) is 7.81. The Bertz CT molecular complexity index is 649. The molecular weight excluding hydrogens is 373 g/mol. The van der Waals surface area contributed by atoms with E-state index in [1.54, 1.807) is 11.8 Å². The van der Waals surface area contributed by atoms with Crippen LogP contribution in [-0.4, -0.2) is 55.9 Å². The third kappa shape index (κ3) is 6.41. The Morgan fingerprint density at radius 3 is 2.77 bits per heavy atom. The average molecular weight is 392 g/mol. The van der Waals surface area contributed by atoms with Crippen molar-refractivity contribution in [2.75, 3.05) is 37.1 Å². The lowest BCUT2D eigenvalue weighted by Gasteiger charge is -2.22. The molecule has 1 aromatic rings. The molecule has 26 heavy (non-hydrogen) atoms. The maximum Gasteiger partial charge on any atom is 0.422 e. The number of amides is 1. The number of benzene rings is 1. The number of methoxy groups -OCH3 is 1. The van der Waals surface area contributed by atoms with Crippen LogP contribution in [0.4, 0.5) is 18.9 Å². The Morgan fingerprint density at radius 2 is 2.15 bits per heavy atom. The number of alkyl halides is 3. The summed E-state index contributed by atoms with van der Waals surface area (Å²) in [5, 5.41) is 5.75. The lowest BCUT2D eigenvalue weighted by molar-refractivity contribution is -0.153. The highest BCUT2D eigenvalue weighted by Crippen LogP contribution is 2.29. The van der Waals surface area contributed by atoms with Crippen molar-refractivity contribution in [1.29, 1.82) is 0 Å². The summed E-state index contributed by atoms with van der Waals surface area (Å²) in [6.45, 7) is -0.738. The second kappa shape index (κ2) is 9.13. The van der Waals surface area contributed by atoms with E-state index >= 15 is 0 Å². The number of carbonyl (C=O) groups excluding carboxylic acids is 2. The molecular formula is C16H19F3N2O4S. The van der Waals surface area contributed by atoms with Crippen LogP contribution in [0.25, 0.3) is 0 Å². The fourth-order valence-electron chi connectivity index (χ4n) is 2.33. The highest BCUT2D eigenvalue weighted by molar-refractivity contribution is 7.99.